The van der Waals surface area contributed by atoms with E-state index in [2.05, 4.69) is 41.4 Å². The zero-order valence-corrected chi connectivity index (χ0v) is 26.3. The van der Waals surface area contributed by atoms with Crippen molar-refractivity contribution in [1.82, 2.24) is 15.4 Å². The van der Waals surface area contributed by atoms with Gasteiger partial charge in [0, 0.05) is 48.1 Å². The average molecular weight is 634 g/mol. The van der Waals surface area contributed by atoms with Gasteiger partial charge in [-0.3, -0.25) is 14.4 Å². The molecule has 10 nitrogen and oxygen atoms in total. The molecule has 3 aromatic rings. The van der Waals surface area contributed by atoms with Crippen LogP contribution < -0.4 is 26.4 Å². The van der Waals surface area contributed by atoms with Crippen molar-refractivity contribution in [2.75, 3.05) is 25.5 Å². The first kappa shape index (κ1) is 33.1. The number of hydrogen-bond donors (Lipinski definition) is 5. The molecule has 0 unspecified atom stereocenters. The lowest BCUT2D eigenvalue weighted by Crippen LogP contribution is -2.42. The molecule has 3 rings (SSSR count). The van der Waals surface area contributed by atoms with Crippen LogP contribution in [0.2, 0.25) is 5.02 Å². The summed E-state index contributed by atoms with van der Waals surface area (Å²) in [6.45, 7) is 6.19. The molecule has 42 heavy (non-hydrogen) atoms. The molecule has 2 aromatic carbocycles. The van der Waals surface area contributed by atoms with E-state index in [1.54, 1.807) is 25.2 Å². The molecule has 1 atom stereocenters. The van der Waals surface area contributed by atoms with Crippen LogP contribution in [0, 0.1) is 0 Å². The Bertz CT molecular complexity index is 1530. The minimum Gasteiger partial charge on any atom is -0.387 e. The summed E-state index contributed by atoms with van der Waals surface area (Å²) in [6, 6.07) is 13.8. The van der Waals surface area contributed by atoms with E-state index in [1.807, 2.05) is 12.1 Å². The Kier molecular flexibility index (Phi) is 11.1. The van der Waals surface area contributed by atoms with Crippen LogP contribution in [0.15, 0.2) is 59.5 Å². The largest absolute Gasteiger partial charge is 0.387 e. The lowest BCUT2D eigenvalue weighted by molar-refractivity contribution is -0.121. The minimum absolute atomic E-state index is 0.0268. The highest BCUT2D eigenvalue weighted by Crippen LogP contribution is 2.35. The van der Waals surface area contributed by atoms with Crippen LogP contribution in [0.5, 0.6) is 0 Å². The smallest absolute Gasteiger partial charge is 0.263 e. The number of rotatable bonds is 13. The van der Waals surface area contributed by atoms with Crippen molar-refractivity contribution in [3.05, 3.63) is 80.5 Å². The molecule has 0 aliphatic rings. The molecule has 0 saturated carbocycles. The van der Waals surface area contributed by atoms with E-state index in [1.165, 1.54) is 35.6 Å². The van der Waals surface area contributed by atoms with Gasteiger partial charge in [-0.15, -0.1) is 11.3 Å². The van der Waals surface area contributed by atoms with Crippen molar-refractivity contribution < 1.29 is 22.8 Å². The van der Waals surface area contributed by atoms with Crippen molar-refractivity contribution in [3.63, 3.8) is 0 Å². The van der Waals surface area contributed by atoms with Crippen molar-refractivity contribution in [3.8, 4) is 0 Å². The number of hydrogen-bond acceptors (Lipinski definition) is 7. The topological polar surface area (TPSA) is 159 Å². The summed E-state index contributed by atoms with van der Waals surface area (Å²) < 4.78 is 27.5. The maximum Gasteiger partial charge on any atom is 0.263 e. The van der Waals surface area contributed by atoms with Gasteiger partial charge in [-0.25, -0.2) is 13.1 Å². The standard InChI is InChI=1S/C29H36ClN5O5S2/c1-29(2,3)24-17-23(32-4)26(41-24)28(38)35-21(15-18-6-5-7-20(30)14-18)16-25(36)33-12-13-34-42(39,40)22-10-8-19(9-11-22)27(31)37/h5-11,14,17,21,32,34H,12-13,15-16H2,1-4H3,(H2,31,37)(H,33,36)(H,35,38)/t21-/m0/s1. The van der Waals surface area contributed by atoms with Crippen LogP contribution >= 0.6 is 22.9 Å². The maximum atomic E-state index is 13.4. The van der Waals surface area contributed by atoms with Gasteiger partial charge in [0.25, 0.3) is 5.91 Å². The third kappa shape index (κ3) is 9.28. The normalized spacial score (nSPS) is 12.4. The second-order valence-electron chi connectivity index (χ2n) is 10.7. The molecule has 0 aliphatic carbocycles. The van der Waals surface area contributed by atoms with Crippen molar-refractivity contribution >= 4 is 56.4 Å². The van der Waals surface area contributed by atoms with E-state index in [-0.39, 0.29) is 47.2 Å². The molecule has 0 spiro atoms. The number of anilines is 1. The molecule has 0 aliphatic heterocycles. The van der Waals surface area contributed by atoms with Crippen molar-refractivity contribution in [1.29, 1.82) is 0 Å². The number of benzene rings is 2. The first-order valence-electron chi connectivity index (χ1n) is 13.2. The van der Waals surface area contributed by atoms with Gasteiger partial charge >= 0.3 is 0 Å². The quantitative estimate of drug-likeness (QED) is 0.181. The first-order valence-corrected chi connectivity index (χ1v) is 15.9. The van der Waals surface area contributed by atoms with Gasteiger partial charge in [0.05, 0.1) is 10.6 Å². The number of amides is 3. The van der Waals surface area contributed by atoms with Crippen molar-refractivity contribution in [2.45, 2.75) is 50.0 Å². The summed E-state index contributed by atoms with van der Waals surface area (Å²) in [5.74, 6) is -1.32. The van der Waals surface area contributed by atoms with Gasteiger partial charge in [-0.1, -0.05) is 44.5 Å². The highest BCUT2D eigenvalue weighted by Gasteiger charge is 2.25. The molecular formula is C29H36ClN5O5S2. The molecule has 0 saturated heterocycles. The van der Waals surface area contributed by atoms with E-state index in [4.69, 9.17) is 17.3 Å². The summed E-state index contributed by atoms with van der Waals surface area (Å²) in [5.41, 5.74) is 6.81. The Morgan fingerprint density at radius 1 is 1.02 bits per heavy atom. The number of sulfonamides is 1. The molecule has 3 amide bonds. The number of nitrogens with one attached hydrogen (secondary N) is 4. The Morgan fingerprint density at radius 3 is 2.31 bits per heavy atom. The third-order valence-electron chi connectivity index (χ3n) is 6.27. The molecule has 13 heteroatoms. The number of thiophene rings is 1. The lowest BCUT2D eigenvalue weighted by Gasteiger charge is -2.19. The van der Waals surface area contributed by atoms with Gasteiger partial charge in [0.15, 0.2) is 0 Å². The van der Waals surface area contributed by atoms with Crippen LogP contribution in [0.25, 0.3) is 0 Å². The first-order chi connectivity index (χ1) is 19.7. The van der Waals surface area contributed by atoms with Crippen LogP contribution in [-0.2, 0) is 26.7 Å². The van der Waals surface area contributed by atoms with Gasteiger partial charge in [0.1, 0.15) is 4.88 Å². The number of carbonyl (C=O) groups is 3. The summed E-state index contributed by atoms with van der Waals surface area (Å²) >= 11 is 7.56. The SMILES string of the molecule is CNc1cc(C(C)(C)C)sc1C(=O)N[C@H](CC(=O)NCCNS(=O)(=O)c1ccc(C(N)=O)cc1)Cc1cccc(Cl)c1. The molecule has 1 aromatic heterocycles. The third-order valence-corrected chi connectivity index (χ3v) is 9.54. The van der Waals surface area contributed by atoms with Gasteiger partial charge in [-0.05, 0) is 59.9 Å². The number of primary amides is 1. The molecular weight excluding hydrogens is 598 g/mol. The van der Waals surface area contributed by atoms with Gasteiger partial charge in [0.2, 0.25) is 21.8 Å². The fraction of sp³-hybridized carbons (Fsp3) is 0.345. The van der Waals surface area contributed by atoms with Gasteiger partial charge < -0.3 is 21.7 Å². The second-order valence-corrected chi connectivity index (χ2v) is 14.0. The molecule has 0 fully saturated rings. The predicted molar refractivity (Wildman–Crippen MR) is 167 cm³/mol. The van der Waals surface area contributed by atoms with Crippen LogP contribution in [0.4, 0.5) is 5.69 Å². The molecule has 0 bridgehead atoms. The van der Waals surface area contributed by atoms with Crippen LogP contribution in [0.1, 0.15) is 57.7 Å². The maximum absolute atomic E-state index is 13.4. The summed E-state index contributed by atoms with van der Waals surface area (Å²) in [6.07, 6.45) is 0.325. The van der Waals surface area contributed by atoms with E-state index < -0.39 is 22.0 Å². The minimum atomic E-state index is -3.86. The molecule has 6 N–H and O–H groups in total. The molecule has 1 heterocycles. The Labute approximate surface area is 255 Å². The summed E-state index contributed by atoms with van der Waals surface area (Å²) in [5, 5.41) is 9.34. The highest BCUT2D eigenvalue weighted by molar-refractivity contribution is 7.89. The summed E-state index contributed by atoms with van der Waals surface area (Å²) in [7, 11) is -2.10. The average Bonchev–Trinajstić information content (AvgIpc) is 3.37. The number of carbonyl (C=O) groups excluding carboxylic acids is 3. The summed E-state index contributed by atoms with van der Waals surface area (Å²) in [4.78, 5) is 39.0. The fourth-order valence-corrected chi connectivity index (χ4v) is 6.42. The van der Waals surface area contributed by atoms with Crippen LogP contribution in [-0.4, -0.2) is 52.3 Å². The molecule has 226 valence electrons. The van der Waals surface area contributed by atoms with Crippen LogP contribution in [0.3, 0.4) is 0 Å². The zero-order chi connectivity index (χ0) is 31.1. The number of halogens is 1. The molecule has 0 radical (unpaired) electrons. The fourth-order valence-electron chi connectivity index (χ4n) is 4.05. The highest BCUT2D eigenvalue weighted by atomic mass is 35.5. The zero-order valence-electron chi connectivity index (χ0n) is 23.9. The van der Waals surface area contributed by atoms with E-state index >= 15 is 0 Å². The Hall–Kier alpha value is -3.45. The van der Waals surface area contributed by atoms with Crippen molar-refractivity contribution in [2.24, 2.45) is 5.73 Å². The monoisotopic (exact) mass is 633 g/mol. The Morgan fingerprint density at radius 2 is 1.71 bits per heavy atom. The predicted octanol–water partition coefficient (Wildman–Crippen LogP) is 3.67. The second kappa shape index (κ2) is 14.1. The Balaban J connectivity index is 1.64. The van der Waals surface area contributed by atoms with E-state index in [0.29, 0.717) is 22.0 Å². The van der Waals surface area contributed by atoms with E-state index in [9.17, 15) is 22.8 Å². The lowest BCUT2D eigenvalue weighted by atomic mass is 9.94. The van der Waals surface area contributed by atoms with Gasteiger partial charge in [-0.2, -0.15) is 0 Å². The van der Waals surface area contributed by atoms with E-state index in [0.717, 1.165) is 10.4 Å². The number of nitrogens with two attached hydrogens (primary N) is 1.